The highest BCUT2D eigenvalue weighted by Crippen LogP contribution is 2.51. The Morgan fingerprint density at radius 1 is 0.788 bits per heavy atom. The van der Waals surface area contributed by atoms with Gasteiger partial charge in [-0.05, 0) is 43.9 Å². The van der Waals surface area contributed by atoms with Crippen LogP contribution in [-0.4, -0.2) is 48.2 Å². The third-order valence-electron chi connectivity index (χ3n) is 7.55. The molecule has 9 heteroatoms. The number of hydrogen-bond donors (Lipinski definition) is 1. The van der Waals surface area contributed by atoms with Crippen LogP contribution in [0.5, 0.6) is 0 Å². The van der Waals surface area contributed by atoms with Gasteiger partial charge in [0.2, 0.25) is 0 Å². The molecule has 1 N–H and O–H groups in total. The zero-order valence-corrected chi connectivity index (χ0v) is 19.9. The average molecular weight is 498 g/mol. The van der Waals surface area contributed by atoms with Crippen LogP contribution in [0.2, 0.25) is 10.0 Å². The smallest absolute Gasteiger partial charge is 0.256 e. The molecule has 0 bridgehead atoms. The summed E-state index contributed by atoms with van der Waals surface area (Å²) in [6.07, 6.45) is 6.81. The predicted molar refractivity (Wildman–Crippen MR) is 121 cm³/mol. The molecule has 180 valence electrons. The van der Waals surface area contributed by atoms with Gasteiger partial charge in [-0.25, -0.2) is 0 Å². The van der Waals surface area contributed by atoms with Crippen molar-refractivity contribution in [1.82, 2.24) is 0 Å². The first-order valence-electron chi connectivity index (χ1n) is 12.1. The Hall–Kier alpha value is -0.930. The Balaban J connectivity index is 1.27. The summed E-state index contributed by atoms with van der Waals surface area (Å²) in [6.45, 7) is 0. The largest absolute Gasteiger partial charge is 0.341 e. The summed E-state index contributed by atoms with van der Waals surface area (Å²) >= 11 is 12.1. The molecule has 0 aromatic heterocycles. The standard InChI is InChI=1S/C24H29Cl2NO6/c25-15-8-7-14(13-16(15)26)27-21(28)19-17-18(31-23(30-17)9-3-1-4-10-23)20-22(29-19)33-24(32-20)11-5-2-6-12-24/h7-8,13,17-20,22H,1-6,9-12H2,(H,27,28)/t17-,18+,19-,20-,22-/m1/s1. The van der Waals surface area contributed by atoms with Crippen molar-refractivity contribution in [1.29, 1.82) is 0 Å². The van der Waals surface area contributed by atoms with Crippen LogP contribution in [0.4, 0.5) is 5.69 Å². The molecule has 3 saturated heterocycles. The molecule has 5 aliphatic rings. The highest BCUT2D eigenvalue weighted by Gasteiger charge is 2.65. The second kappa shape index (κ2) is 8.63. The molecule has 6 rings (SSSR count). The van der Waals surface area contributed by atoms with Crippen molar-refractivity contribution >= 4 is 34.8 Å². The summed E-state index contributed by atoms with van der Waals surface area (Å²) in [6, 6.07) is 4.97. The first kappa shape index (κ1) is 22.5. The zero-order chi connectivity index (χ0) is 22.6. The van der Waals surface area contributed by atoms with Crippen molar-refractivity contribution < 1.29 is 28.5 Å². The van der Waals surface area contributed by atoms with E-state index in [0.29, 0.717) is 15.7 Å². The molecule has 2 spiro atoms. The molecule has 7 nitrogen and oxygen atoms in total. The Bertz CT molecular complexity index is 916. The molecule has 3 aliphatic heterocycles. The van der Waals surface area contributed by atoms with Crippen LogP contribution in [0.25, 0.3) is 0 Å². The Labute approximate surface area is 203 Å². The van der Waals surface area contributed by atoms with Gasteiger partial charge in [-0.3, -0.25) is 4.79 Å². The molecule has 2 aliphatic carbocycles. The average Bonchev–Trinajstić information content (AvgIpc) is 3.34. The fraction of sp³-hybridized carbons (Fsp3) is 0.708. The summed E-state index contributed by atoms with van der Waals surface area (Å²) in [5.74, 6) is -1.66. The van der Waals surface area contributed by atoms with Crippen LogP contribution in [-0.2, 0) is 28.5 Å². The minimum absolute atomic E-state index is 0.327. The fourth-order valence-corrected chi connectivity index (χ4v) is 6.25. The van der Waals surface area contributed by atoms with Gasteiger partial charge < -0.3 is 29.0 Å². The summed E-state index contributed by atoms with van der Waals surface area (Å²) < 4.78 is 32.2. The van der Waals surface area contributed by atoms with E-state index in [-0.39, 0.29) is 5.91 Å². The van der Waals surface area contributed by atoms with Gasteiger partial charge in [0.15, 0.2) is 24.0 Å². The maximum Gasteiger partial charge on any atom is 0.256 e. The third kappa shape index (κ3) is 4.10. The maximum atomic E-state index is 13.4. The molecule has 3 heterocycles. The number of benzene rings is 1. The fourth-order valence-electron chi connectivity index (χ4n) is 5.96. The van der Waals surface area contributed by atoms with E-state index in [9.17, 15) is 4.79 Å². The number of carbonyl (C=O) groups is 1. The second-order valence-electron chi connectivity index (χ2n) is 9.85. The molecule has 0 unspecified atom stereocenters. The van der Waals surface area contributed by atoms with Crippen molar-refractivity contribution in [2.24, 2.45) is 0 Å². The van der Waals surface area contributed by atoms with Gasteiger partial charge in [0, 0.05) is 31.4 Å². The number of nitrogens with one attached hydrogen (secondary N) is 1. The number of carbonyl (C=O) groups excluding carboxylic acids is 1. The molecule has 5 fully saturated rings. The number of fused-ring (bicyclic) bond motifs is 3. The second-order valence-corrected chi connectivity index (χ2v) is 10.7. The molecule has 0 radical (unpaired) electrons. The minimum atomic E-state index is -0.894. The highest BCUT2D eigenvalue weighted by molar-refractivity contribution is 6.42. The van der Waals surface area contributed by atoms with E-state index in [0.717, 1.165) is 57.8 Å². The van der Waals surface area contributed by atoms with Crippen LogP contribution in [0, 0.1) is 0 Å². The van der Waals surface area contributed by atoms with Gasteiger partial charge >= 0.3 is 0 Å². The molecule has 1 amide bonds. The number of hydrogen-bond acceptors (Lipinski definition) is 6. The van der Waals surface area contributed by atoms with Crippen molar-refractivity contribution in [2.45, 2.75) is 106 Å². The van der Waals surface area contributed by atoms with E-state index in [1.54, 1.807) is 18.2 Å². The molecule has 1 aromatic carbocycles. The number of ether oxygens (including phenoxy) is 5. The van der Waals surface area contributed by atoms with E-state index >= 15 is 0 Å². The van der Waals surface area contributed by atoms with Gasteiger partial charge in [0.05, 0.1) is 10.0 Å². The van der Waals surface area contributed by atoms with Crippen LogP contribution in [0.1, 0.15) is 64.2 Å². The Kier molecular flexibility index (Phi) is 5.89. The lowest BCUT2D eigenvalue weighted by molar-refractivity contribution is -0.246. The van der Waals surface area contributed by atoms with Gasteiger partial charge in [-0.2, -0.15) is 0 Å². The predicted octanol–water partition coefficient (Wildman–Crippen LogP) is 5.18. The van der Waals surface area contributed by atoms with Crippen LogP contribution < -0.4 is 5.32 Å². The van der Waals surface area contributed by atoms with Crippen molar-refractivity contribution in [2.75, 3.05) is 5.32 Å². The molecule has 2 saturated carbocycles. The van der Waals surface area contributed by atoms with Crippen molar-refractivity contribution in [3.05, 3.63) is 28.2 Å². The lowest BCUT2D eigenvalue weighted by Gasteiger charge is -2.36. The zero-order valence-electron chi connectivity index (χ0n) is 18.4. The van der Waals surface area contributed by atoms with E-state index in [2.05, 4.69) is 5.32 Å². The van der Waals surface area contributed by atoms with E-state index in [1.165, 1.54) is 6.42 Å². The highest BCUT2D eigenvalue weighted by atomic mass is 35.5. The molecular formula is C24H29Cl2NO6. The Morgan fingerprint density at radius 2 is 1.39 bits per heavy atom. The van der Waals surface area contributed by atoms with Gasteiger partial charge in [0.1, 0.15) is 18.3 Å². The first-order valence-corrected chi connectivity index (χ1v) is 12.8. The molecular weight excluding hydrogens is 469 g/mol. The van der Waals surface area contributed by atoms with Gasteiger partial charge in [-0.1, -0.05) is 36.0 Å². The third-order valence-corrected chi connectivity index (χ3v) is 8.29. The SMILES string of the molecule is O=C(Nc1ccc(Cl)c(Cl)c1)[C@@H]1O[C@@H]2OC3(CCCCC3)O[C@@H]2[C@H]2OC3(CCCCC3)O[C@H]21. The number of amides is 1. The minimum Gasteiger partial charge on any atom is -0.341 e. The lowest BCUT2D eigenvalue weighted by Crippen LogP contribution is -2.58. The van der Waals surface area contributed by atoms with E-state index in [1.807, 2.05) is 0 Å². The van der Waals surface area contributed by atoms with Gasteiger partial charge in [0.25, 0.3) is 5.91 Å². The summed E-state index contributed by atoms with van der Waals surface area (Å²) in [5.41, 5.74) is 0.537. The van der Waals surface area contributed by atoms with Crippen molar-refractivity contribution in [3.8, 4) is 0 Å². The summed E-state index contributed by atoms with van der Waals surface area (Å²) in [4.78, 5) is 13.4. The number of rotatable bonds is 2. The van der Waals surface area contributed by atoms with Crippen LogP contribution >= 0.6 is 23.2 Å². The first-order chi connectivity index (χ1) is 16.0. The lowest BCUT2D eigenvalue weighted by atomic mass is 9.94. The molecule has 5 atom stereocenters. The molecule has 1 aromatic rings. The van der Waals surface area contributed by atoms with E-state index < -0.39 is 42.3 Å². The Morgan fingerprint density at radius 3 is 2.06 bits per heavy atom. The number of anilines is 1. The van der Waals surface area contributed by atoms with Crippen molar-refractivity contribution in [3.63, 3.8) is 0 Å². The number of halogens is 2. The normalized spacial score (nSPS) is 36.5. The monoisotopic (exact) mass is 497 g/mol. The van der Waals surface area contributed by atoms with Crippen LogP contribution in [0.3, 0.4) is 0 Å². The quantitative estimate of drug-likeness (QED) is 0.606. The molecule has 33 heavy (non-hydrogen) atoms. The van der Waals surface area contributed by atoms with Crippen LogP contribution in [0.15, 0.2) is 18.2 Å². The summed E-state index contributed by atoms with van der Waals surface area (Å²) in [7, 11) is 0. The topological polar surface area (TPSA) is 75.3 Å². The van der Waals surface area contributed by atoms with Gasteiger partial charge in [-0.15, -0.1) is 0 Å². The van der Waals surface area contributed by atoms with E-state index in [4.69, 9.17) is 46.9 Å². The summed E-state index contributed by atoms with van der Waals surface area (Å²) in [5, 5.41) is 3.69. The maximum absolute atomic E-state index is 13.4.